The molecule has 3 fully saturated rings. The van der Waals surface area contributed by atoms with Crippen LogP contribution in [0.4, 0.5) is 0 Å². The van der Waals surface area contributed by atoms with Gasteiger partial charge >= 0.3 is 0 Å². The van der Waals surface area contributed by atoms with E-state index in [9.17, 15) is 0 Å². The molecule has 8 nitrogen and oxygen atoms in total. The zero-order chi connectivity index (χ0) is 21.6. The van der Waals surface area contributed by atoms with Crippen molar-refractivity contribution in [2.45, 2.75) is 71.6 Å². The number of fused-ring (bicyclic) bond motifs is 2. The number of ether oxygens (including phenoxy) is 1. The lowest BCUT2D eigenvalue weighted by Crippen LogP contribution is -2.48. The molecule has 4 rings (SSSR count). The van der Waals surface area contributed by atoms with E-state index in [4.69, 9.17) is 9.73 Å². The quantitative estimate of drug-likeness (QED) is 0.275. The monoisotopic (exact) mass is 559 g/mol. The third kappa shape index (κ3) is 7.03. The molecule has 9 heteroatoms. The highest BCUT2D eigenvalue weighted by Gasteiger charge is 2.39. The van der Waals surface area contributed by atoms with Gasteiger partial charge in [-0.15, -0.1) is 34.2 Å². The molecule has 4 atom stereocenters. The zero-order valence-corrected chi connectivity index (χ0v) is 22.3. The molecule has 1 aromatic heterocycles. The summed E-state index contributed by atoms with van der Waals surface area (Å²) in [5, 5.41) is 15.6. The molecule has 4 unspecified atom stereocenters. The van der Waals surface area contributed by atoms with Crippen LogP contribution in [0.3, 0.4) is 0 Å². The van der Waals surface area contributed by atoms with Gasteiger partial charge in [0.15, 0.2) is 5.96 Å². The van der Waals surface area contributed by atoms with E-state index < -0.39 is 0 Å². The molecule has 0 amide bonds. The SMILES string of the molecule is CCc1nncn1CCNC(=NCC1CN(CC(C)C)CCO1)NC1CC2CCC1C2.I. The first-order chi connectivity index (χ1) is 15.1. The Hall–Kier alpha value is -0.940. The third-order valence-electron chi connectivity index (χ3n) is 7.02. The second kappa shape index (κ2) is 12.5. The summed E-state index contributed by atoms with van der Waals surface area (Å²) in [6.07, 6.45) is 8.36. The number of nitrogens with zero attached hydrogens (tertiary/aromatic N) is 5. The molecule has 0 aromatic carbocycles. The average Bonchev–Trinajstić information content (AvgIpc) is 3.48. The van der Waals surface area contributed by atoms with Crippen molar-refractivity contribution < 1.29 is 4.74 Å². The van der Waals surface area contributed by atoms with Gasteiger partial charge in [-0.3, -0.25) is 9.89 Å². The van der Waals surface area contributed by atoms with Crippen molar-refractivity contribution in [3.05, 3.63) is 12.2 Å². The second-order valence-corrected chi connectivity index (χ2v) is 9.98. The summed E-state index contributed by atoms with van der Waals surface area (Å²) in [5.74, 6) is 4.38. The number of rotatable bonds is 9. The molecule has 2 saturated carbocycles. The van der Waals surface area contributed by atoms with E-state index >= 15 is 0 Å². The van der Waals surface area contributed by atoms with E-state index in [2.05, 4.69) is 51.1 Å². The van der Waals surface area contributed by atoms with Gasteiger partial charge in [-0.1, -0.05) is 27.2 Å². The Balaban J connectivity index is 0.00000289. The first-order valence-corrected chi connectivity index (χ1v) is 12.4. The molecule has 2 heterocycles. The van der Waals surface area contributed by atoms with Crippen molar-refractivity contribution in [1.29, 1.82) is 0 Å². The standard InChI is InChI=1S/C23H41N7O.HI/c1-4-22-28-26-16-30(22)8-7-24-23(27-21-12-18-5-6-19(21)11-18)25-13-20-15-29(9-10-31-20)14-17(2)3;/h16-21H,4-15H2,1-3H3,(H2,24,25,27);1H. The van der Waals surface area contributed by atoms with Crippen LogP contribution in [0.1, 0.15) is 52.3 Å². The number of aliphatic imine (C=N–C) groups is 1. The van der Waals surface area contributed by atoms with Crippen molar-refractivity contribution >= 4 is 29.9 Å². The summed E-state index contributed by atoms with van der Waals surface area (Å²) >= 11 is 0. The van der Waals surface area contributed by atoms with Gasteiger partial charge in [0, 0.05) is 45.2 Å². The normalized spacial score (nSPS) is 28.2. The number of morpholine rings is 1. The summed E-state index contributed by atoms with van der Waals surface area (Å²) in [6.45, 7) is 13.0. The van der Waals surface area contributed by atoms with Gasteiger partial charge in [0.1, 0.15) is 12.2 Å². The maximum atomic E-state index is 6.03. The fraction of sp³-hybridized carbons (Fsp3) is 0.870. The zero-order valence-electron chi connectivity index (χ0n) is 20.0. The Bertz CT molecular complexity index is 725. The first-order valence-electron chi connectivity index (χ1n) is 12.4. The Morgan fingerprint density at radius 1 is 1.31 bits per heavy atom. The number of aryl methyl sites for hydroxylation is 1. The molecule has 1 aromatic rings. The summed E-state index contributed by atoms with van der Waals surface area (Å²) in [5.41, 5.74) is 0. The molecule has 1 saturated heterocycles. The van der Waals surface area contributed by atoms with Gasteiger partial charge in [0.05, 0.1) is 19.3 Å². The van der Waals surface area contributed by atoms with Crippen LogP contribution in [-0.2, 0) is 17.7 Å². The minimum atomic E-state index is 0. The summed E-state index contributed by atoms with van der Waals surface area (Å²) in [6, 6.07) is 0.566. The molecule has 182 valence electrons. The van der Waals surface area contributed by atoms with E-state index in [0.717, 1.165) is 69.4 Å². The Morgan fingerprint density at radius 3 is 2.91 bits per heavy atom. The van der Waals surface area contributed by atoms with Gasteiger partial charge in [-0.05, 0) is 37.0 Å². The molecule has 0 radical (unpaired) electrons. The van der Waals surface area contributed by atoms with Crippen LogP contribution in [0, 0.1) is 17.8 Å². The minimum absolute atomic E-state index is 0. The Labute approximate surface area is 210 Å². The Kier molecular flexibility index (Phi) is 10.0. The number of hydrogen-bond donors (Lipinski definition) is 2. The summed E-state index contributed by atoms with van der Waals surface area (Å²) in [4.78, 5) is 7.49. The summed E-state index contributed by atoms with van der Waals surface area (Å²) in [7, 11) is 0. The van der Waals surface area contributed by atoms with Crippen molar-refractivity contribution in [3.8, 4) is 0 Å². The average molecular weight is 560 g/mol. The predicted molar refractivity (Wildman–Crippen MR) is 139 cm³/mol. The fourth-order valence-electron chi connectivity index (χ4n) is 5.55. The lowest BCUT2D eigenvalue weighted by atomic mass is 9.95. The van der Waals surface area contributed by atoms with Gasteiger partial charge in [-0.25, -0.2) is 0 Å². The van der Waals surface area contributed by atoms with E-state index in [1.165, 1.54) is 25.7 Å². The highest BCUT2D eigenvalue weighted by atomic mass is 127. The molecule has 3 aliphatic rings. The molecule has 2 N–H and O–H groups in total. The van der Waals surface area contributed by atoms with Crippen LogP contribution in [0.15, 0.2) is 11.3 Å². The van der Waals surface area contributed by atoms with E-state index in [-0.39, 0.29) is 30.1 Å². The fourth-order valence-corrected chi connectivity index (χ4v) is 5.55. The van der Waals surface area contributed by atoms with Crippen LogP contribution in [0.25, 0.3) is 0 Å². The van der Waals surface area contributed by atoms with Crippen molar-refractivity contribution in [2.75, 3.05) is 39.3 Å². The number of guanidine groups is 1. The van der Waals surface area contributed by atoms with Crippen LogP contribution < -0.4 is 10.6 Å². The predicted octanol–water partition coefficient (Wildman–Crippen LogP) is 2.54. The highest BCUT2D eigenvalue weighted by Crippen LogP contribution is 2.44. The van der Waals surface area contributed by atoms with Gasteiger partial charge in [0.25, 0.3) is 0 Å². The van der Waals surface area contributed by atoms with Gasteiger partial charge in [0.2, 0.25) is 0 Å². The smallest absolute Gasteiger partial charge is 0.191 e. The van der Waals surface area contributed by atoms with Crippen LogP contribution in [0.2, 0.25) is 0 Å². The molecule has 32 heavy (non-hydrogen) atoms. The number of halogens is 1. The van der Waals surface area contributed by atoms with E-state index in [1.807, 2.05) is 6.33 Å². The van der Waals surface area contributed by atoms with Crippen molar-refractivity contribution in [2.24, 2.45) is 22.7 Å². The number of nitrogens with one attached hydrogen (secondary N) is 2. The molecule has 2 bridgehead atoms. The largest absolute Gasteiger partial charge is 0.374 e. The maximum absolute atomic E-state index is 6.03. The van der Waals surface area contributed by atoms with Crippen LogP contribution >= 0.6 is 24.0 Å². The lowest BCUT2D eigenvalue weighted by molar-refractivity contribution is -0.0262. The van der Waals surface area contributed by atoms with E-state index in [1.54, 1.807) is 0 Å². The van der Waals surface area contributed by atoms with Gasteiger partial charge < -0.3 is 19.9 Å². The molecular weight excluding hydrogens is 517 g/mol. The highest BCUT2D eigenvalue weighted by molar-refractivity contribution is 14.0. The topological polar surface area (TPSA) is 79.6 Å². The van der Waals surface area contributed by atoms with Gasteiger partial charge in [-0.2, -0.15) is 0 Å². The van der Waals surface area contributed by atoms with Crippen molar-refractivity contribution in [1.82, 2.24) is 30.3 Å². The lowest BCUT2D eigenvalue weighted by Gasteiger charge is -2.33. The van der Waals surface area contributed by atoms with Crippen LogP contribution in [0.5, 0.6) is 0 Å². The third-order valence-corrected chi connectivity index (χ3v) is 7.02. The molecule has 0 spiro atoms. The molecular formula is C23H42IN7O. The van der Waals surface area contributed by atoms with Crippen molar-refractivity contribution in [3.63, 3.8) is 0 Å². The summed E-state index contributed by atoms with van der Waals surface area (Å²) < 4.78 is 8.15. The second-order valence-electron chi connectivity index (χ2n) is 9.98. The minimum Gasteiger partial charge on any atom is -0.374 e. The first kappa shape index (κ1) is 25.7. The maximum Gasteiger partial charge on any atom is 0.191 e. The molecule has 1 aliphatic heterocycles. The van der Waals surface area contributed by atoms with Crippen LogP contribution in [-0.4, -0.2) is 77.1 Å². The Morgan fingerprint density at radius 2 is 2.19 bits per heavy atom. The van der Waals surface area contributed by atoms with E-state index in [0.29, 0.717) is 18.5 Å². The number of hydrogen-bond acceptors (Lipinski definition) is 5. The number of aromatic nitrogens is 3. The molecule has 2 aliphatic carbocycles.